The van der Waals surface area contributed by atoms with E-state index in [1.165, 1.54) is 57.5 Å². The molecule has 3 nitrogen and oxygen atoms in total. The molecular weight excluding hydrogens is 465 g/mol. The molecule has 2 fully saturated rings. The van der Waals surface area contributed by atoms with Crippen molar-refractivity contribution in [2.75, 3.05) is 4.90 Å². The number of anilines is 1. The van der Waals surface area contributed by atoms with Crippen LogP contribution in [0.25, 0.3) is 11.1 Å². The van der Waals surface area contributed by atoms with Crippen molar-refractivity contribution in [1.29, 1.82) is 0 Å². The Labute approximate surface area is 227 Å². The SMILES string of the molecule is CC1(C)c2ccccc2-c2cc3c(cc21)N([C@H]1C2C=CCCC21)C1=CC=C(B2OC(C)(C)C(C)(C)O2)CC13. The van der Waals surface area contributed by atoms with Crippen LogP contribution in [-0.4, -0.2) is 24.4 Å². The van der Waals surface area contributed by atoms with E-state index in [1.54, 1.807) is 0 Å². The third-order valence-corrected chi connectivity index (χ3v) is 11.0. The molecule has 2 aliphatic heterocycles. The Morgan fingerprint density at radius 1 is 0.895 bits per heavy atom. The molecule has 1 saturated carbocycles. The molecule has 2 heterocycles. The van der Waals surface area contributed by atoms with Gasteiger partial charge >= 0.3 is 7.12 Å². The quantitative estimate of drug-likeness (QED) is 0.310. The summed E-state index contributed by atoms with van der Waals surface area (Å²) in [6, 6.07) is 14.7. The van der Waals surface area contributed by atoms with Gasteiger partial charge in [0.2, 0.25) is 0 Å². The Kier molecular flexibility index (Phi) is 4.51. The van der Waals surface area contributed by atoms with E-state index in [0.717, 1.165) is 12.3 Å². The molecule has 2 aromatic carbocycles. The topological polar surface area (TPSA) is 21.7 Å². The molecular formula is C34H38BNO2. The van der Waals surface area contributed by atoms with Crippen molar-refractivity contribution in [1.82, 2.24) is 0 Å². The van der Waals surface area contributed by atoms with Crippen LogP contribution >= 0.6 is 0 Å². The fourth-order valence-electron chi connectivity index (χ4n) is 8.02. The van der Waals surface area contributed by atoms with Crippen LogP contribution in [0.5, 0.6) is 0 Å². The van der Waals surface area contributed by atoms with Gasteiger partial charge in [0, 0.05) is 34.7 Å². The molecule has 0 amide bonds. The Balaban J connectivity index is 1.25. The molecule has 0 N–H and O–H groups in total. The number of hydrogen-bond acceptors (Lipinski definition) is 3. The summed E-state index contributed by atoms with van der Waals surface area (Å²) >= 11 is 0. The first kappa shape index (κ1) is 23.3. The number of fused-ring (bicyclic) bond motifs is 7. The Hall–Kier alpha value is -2.56. The normalized spacial score (nSPS) is 32.2. The minimum Gasteiger partial charge on any atom is -0.400 e. The fraction of sp³-hybridized carbons (Fsp3) is 0.471. The lowest BCUT2D eigenvalue weighted by atomic mass is 9.70. The summed E-state index contributed by atoms with van der Waals surface area (Å²) in [4.78, 5) is 2.75. The first-order chi connectivity index (χ1) is 18.1. The van der Waals surface area contributed by atoms with E-state index in [1.807, 2.05) is 0 Å². The molecule has 8 rings (SSSR count). The Morgan fingerprint density at radius 3 is 2.39 bits per heavy atom. The van der Waals surface area contributed by atoms with Crippen LogP contribution in [-0.2, 0) is 14.7 Å². The molecule has 0 spiro atoms. The average molecular weight is 503 g/mol. The molecule has 0 aromatic heterocycles. The summed E-state index contributed by atoms with van der Waals surface area (Å²) in [5.41, 5.74) is 10.8. The zero-order valence-corrected chi connectivity index (χ0v) is 23.5. The van der Waals surface area contributed by atoms with Gasteiger partial charge in [0.25, 0.3) is 0 Å². The van der Waals surface area contributed by atoms with Gasteiger partial charge in [-0.2, -0.15) is 0 Å². The van der Waals surface area contributed by atoms with Crippen LogP contribution in [0.3, 0.4) is 0 Å². The van der Waals surface area contributed by atoms with Crippen molar-refractivity contribution in [3.63, 3.8) is 0 Å². The van der Waals surface area contributed by atoms with E-state index in [9.17, 15) is 0 Å². The zero-order valence-electron chi connectivity index (χ0n) is 23.5. The lowest BCUT2D eigenvalue weighted by Crippen LogP contribution is -2.41. The molecule has 2 aromatic rings. The predicted octanol–water partition coefficient (Wildman–Crippen LogP) is 7.71. The molecule has 4 atom stereocenters. The maximum Gasteiger partial charge on any atom is 0.490 e. The molecule has 0 bridgehead atoms. The monoisotopic (exact) mass is 503 g/mol. The summed E-state index contributed by atoms with van der Waals surface area (Å²) < 4.78 is 13.0. The second-order valence-electron chi connectivity index (χ2n) is 13.9. The predicted molar refractivity (Wildman–Crippen MR) is 155 cm³/mol. The summed E-state index contributed by atoms with van der Waals surface area (Å²) in [6.45, 7) is 13.4. The van der Waals surface area contributed by atoms with Gasteiger partial charge in [0.15, 0.2) is 0 Å². The minimum absolute atomic E-state index is 0.0110. The molecule has 6 aliphatic rings. The maximum absolute atomic E-state index is 6.51. The largest absolute Gasteiger partial charge is 0.490 e. The number of nitrogens with zero attached hydrogens (tertiary/aromatic N) is 1. The van der Waals surface area contributed by atoms with Crippen molar-refractivity contribution < 1.29 is 9.31 Å². The molecule has 4 aliphatic carbocycles. The molecule has 38 heavy (non-hydrogen) atoms. The summed E-state index contributed by atoms with van der Waals surface area (Å²) in [6.07, 6.45) is 13.1. The lowest BCUT2D eigenvalue weighted by molar-refractivity contribution is 0.00578. The summed E-state index contributed by atoms with van der Waals surface area (Å²) in [7, 11) is -0.282. The second-order valence-corrected chi connectivity index (χ2v) is 13.9. The first-order valence-electron chi connectivity index (χ1n) is 14.6. The number of allylic oxidation sites excluding steroid dienone is 5. The highest BCUT2D eigenvalue weighted by Gasteiger charge is 2.58. The van der Waals surface area contributed by atoms with Crippen LogP contribution in [0, 0.1) is 11.8 Å². The highest BCUT2D eigenvalue weighted by Crippen LogP contribution is 2.61. The third kappa shape index (κ3) is 2.94. The molecule has 3 unspecified atom stereocenters. The Morgan fingerprint density at radius 2 is 1.66 bits per heavy atom. The van der Waals surface area contributed by atoms with Crippen molar-refractivity contribution in [2.24, 2.45) is 11.8 Å². The minimum atomic E-state index is -0.325. The van der Waals surface area contributed by atoms with Gasteiger partial charge in [-0.15, -0.1) is 0 Å². The standard InChI is InChI=1S/C34H38BNO2/c1-32(2)27-14-10-9-11-21(27)24-18-26-25-17-20(35-37-33(3,4)34(5,6)38-35)15-16-29(25)36(30(26)19-28(24)32)31-22-12-7-8-13-23(22)31/h7,9-12,14-16,18-19,22-23,25,31H,8,13,17H2,1-6H3/t22?,23?,25?,31-/m0/s1. The smallest absolute Gasteiger partial charge is 0.400 e. The maximum atomic E-state index is 6.51. The molecule has 194 valence electrons. The van der Waals surface area contributed by atoms with Gasteiger partial charge in [-0.25, -0.2) is 0 Å². The highest BCUT2D eigenvalue weighted by atomic mass is 16.7. The summed E-state index contributed by atoms with van der Waals surface area (Å²) in [5.74, 6) is 1.81. The van der Waals surface area contributed by atoms with Crippen LogP contribution in [0.15, 0.2) is 71.9 Å². The average Bonchev–Trinajstić information content (AvgIpc) is 3.37. The first-order valence-corrected chi connectivity index (χ1v) is 14.6. The van der Waals surface area contributed by atoms with E-state index >= 15 is 0 Å². The van der Waals surface area contributed by atoms with E-state index in [4.69, 9.17) is 9.31 Å². The number of rotatable bonds is 2. The van der Waals surface area contributed by atoms with Crippen LogP contribution in [0.4, 0.5) is 5.69 Å². The second kappa shape index (κ2) is 7.34. The molecule has 4 heteroatoms. The van der Waals surface area contributed by atoms with Gasteiger partial charge in [-0.05, 0) is 104 Å². The van der Waals surface area contributed by atoms with Gasteiger partial charge < -0.3 is 14.2 Å². The van der Waals surface area contributed by atoms with Gasteiger partial charge in [-0.3, -0.25) is 0 Å². The highest BCUT2D eigenvalue weighted by molar-refractivity contribution is 6.54. The van der Waals surface area contributed by atoms with E-state index in [0.29, 0.717) is 17.9 Å². The fourth-order valence-corrected chi connectivity index (χ4v) is 8.02. The molecule has 0 radical (unpaired) electrons. The van der Waals surface area contributed by atoms with Crippen LogP contribution in [0.2, 0.25) is 0 Å². The zero-order chi connectivity index (χ0) is 26.2. The van der Waals surface area contributed by atoms with Crippen molar-refractivity contribution >= 4 is 12.8 Å². The van der Waals surface area contributed by atoms with Crippen molar-refractivity contribution in [2.45, 2.75) is 89.4 Å². The number of hydrogen-bond donors (Lipinski definition) is 0. The van der Waals surface area contributed by atoms with Gasteiger partial charge in [0.05, 0.1) is 11.2 Å². The van der Waals surface area contributed by atoms with E-state index in [-0.39, 0.29) is 23.7 Å². The molecule has 1 saturated heterocycles. The van der Waals surface area contributed by atoms with Crippen LogP contribution in [0.1, 0.15) is 83.4 Å². The third-order valence-electron chi connectivity index (χ3n) is 11.0. The van der Waals surface area contributed by atoms with E-state index < -0.39 is 0 Å². The van der Waals surface area contributed by atoms with Gasteiger partial charge in [0.1, 0.15) is 0 Å². The van der Waals surface area contributed by atoms with Gasteiger partial charge in [-0.1, -0.05) is 56.3 Å². The van der Waals surface area contributed by atoms with E-state index in [2.05, 4.69) is 107 Å². The van der Waals surface area contributed by atoms with Crippen LogP contribution < -0.4 is 4.90 Å². The van der Waals surface area contributed by atoms with Crippen molar-refractivity contribution in [3.05, 3.63) is 88.6 Å². The number of benzene rings is 2. The Bertz CT molecular complexity index is 1460. The van der Waals surface area contributed by atoms with Crippen molar-refractivity contribution in [3.8, 4) is 11.1 Å². The lowest BCUT2D eigenvalue weighted by Gasteiger charge is -2.32. The summed E-state index contributed by atoms with van der Waals surface area (Å²) in [5, 5.41) is 0.